The monoisotopic (exact) mass is 774 g/mol. The fourth-order valence-electron chi connectivity index (χ4n) is 9.24. The summed E-state index contributed by atoms with van der Waals surface area (Å²) in [5.41, 5.74) is 2.97. The van der Waals surface area contributed by atoms with Gasteiger partial charge in [-0.1, -0.05) is 34.0 Å². The third-order valence-corrected chi connectivity index (χ3v) is 16.5. The van der Waals surface area contributed by atoms with Gasteiger partial charge in [0.2, 0.25) is 5.95 Å². The molecule has 3 N–H and O–H groups in total. The number of nitrogens with one attached hydrogen (secondary N) is 3. The van der Waals surface area contributed by atoms with Crippen molar-refractivity contribution in [3.05, 3.63) is 58.7 Å². The molecule has 3 aromatic rings. The van der Waals surface area contributed by atoms with Gasteiger partial charge in [0.25, 0.3) is 0 Å². The molecule has 1 aliphatic rings. The van der Waals surface area contributed by atoms with Crippen LogP contribution in [0.15, 0.2) is 47.5 Å². The lowest BCUT2D eigenvalue weighted by atomic mass is 9.19. The van der Waals surface area contributed by atoms with Gasteiger partial charge >= 0.3 is 0 Å². The van der Waals surface area contributed by atoms with Gasteiger partial charge in [-0.3, -0.25) is 0 Å². The summed E-state index contributed by atoms with van der Waals surface area (Å²) >= 11 is 6.75. The number of benzene rings is 2. The van der Waals surface area contributed by atoms with Gasteiger partial charge in [0.1, 0.15) is 50.0 Å². The molecule has 2 heterocycles. The second-order valence-corrected chi connectivity index (χ2v) is 24.7. The average molecular weight is 771 g/mol. The van der Waals surface area contributed by atoms with Gasteiger partial charge in [-0.15, -0.1) is 10.2 Å². The van der Waals surface area contributed by atoms with E-state index in [1.165, 1.54) is 11.8 Å². The van der Waals surface area contributed by atoms with E-state index in [9.17, 15) is 8.42 Å². The normalized spacial score (nSPS) is 17.1. The maximum Gasteiger partial charge on any atom is 0.229 e. The van der Waals surface area contributed by atoms with Gasteiger partial charge in [0.15, 0.2) is 23.5 Å². The number of piperidine rings is 1. The maximum atomic E-state index is 14.8. The topological polar surface area (TPSA) is 105 Å². The van der Waals surface area contributed by atoms with Crippen LogP contribution >= 0.6 is 11.6 Å². The molecule has 1 aromatic heterocycles. The van der Waals surface area contributed by atoms with E-state index >= 15 is 0 Å². The first kappa shape index (κ1) is 47.0. The Morgan fingerprint density at radius 1 is 0.786 bits per heavy atom. The number of rotatable bonds is 13. The van der Waals surface area contributed by atoms with Gasteiger partial charge in [-0.05, 0) is 71.8 Å². The Morgan fingerprint density at radius 2 is 1.30 bits per heavy atom. The Labute approximate surface area is 359 Å². The highest BCUT2D eigenvalue weighted by Crippen LogP contribution is 2.51. The van der Waals surface area contributed by atoms with Crippen molar-refractivity contribution in [2.75, 3.05) is 10.6 Å². The molecule has 0 bridgehead atoms. The summed E-state index contributed by atoms with van der Waals surface area (Å²) in [5, 5.41) is 9.21. The van der Waals surface area contributed by atoms with Crippen LogP contribution in [0.5, 0.6) is 5.75 Å². The predicted molar refractivity (Wildman–Crippen MR) is 290 cm³/mol. The van der Waals surface area contributed by atoms with Crippen LogP contribution in [0.2, 0.25) is 25.5 Å². The van der Waals surface area contributed by atoms with Crippen molar-refractivity contribution in [1.82, 2.24) is 15.3 Å². The van der Waals surface area contributed by atoms with Crippen molar-refractivity contribution in [3.8, 4) is 5.75 Å². The lowest BCUT2D eigenvalue weighted by Crippen LogP contribution is -2.64. The summed E-state index contributed by atoms with van der Waals surface area (Å²) in [6, 6.07) is 11.3. The van der Waals surface area contributed by atoms with Crippen LogP contribution < -0.4 is 20.7 Å². The van der Waals surface area contributed by atoms with Crippen LogP contribution in [0.1, 0.15) is 29.9 Å². The number of anilines is 4. The van der Waals surface area contributed by atoms with Crippen molar-refractivity contribution in [2.24, 2.45) is 0 Å². The molecule has 0 atom stereocenters. The van der Waals surface area contributed by atoms with Gasteiger partial charge in [0.05, 0.1) is 117 Å². The number of ether oxygens (including phenoxy) is 1. The zero-order valence-electron chi connectivity index (χ0n) is 37.9. The molecule has 0 spiro atoms. The Hall–Kier alpha value is -1.71. The van der Waals surface area contributed by atoms with E-state index in [1.807, 2.05) is 54.9 Å². The lowest BCUT2D eigenvalue weighted by Gasteiger charge is -2.53. The van der Waals surface area contributed by atoms with E-state index < -0.39 is 30.2 Å². The first-order valence-electron chi connectivity index (χ1n) is 20.1. The molecular weight excluding hydrogens is 716 g/mol. The first-order chi connectivity index (χ1) is 25.1. The number of sulfone groups is 1. The standard InChI is InChI=1S/C28H54B18ClN5O3S/c1-11-6-16(17(55-23(33,25(35,36)37)26(38,39)40)7-13(11)12-8-21(29,30)52-22(31,32)9-12)50-20-48-10-14(47)19(51-20)49-15-4-2-3-5-18(15)56(53,54)24(34,27(41,42)43)28(44,45)46/h2-7,10,12,52H,8-9,29-46H2,1H3,(H2,48,49,50,51). The molecule has 4 rings (SSSR count). The van der Waals surface area contributed by atoms with Crippen LogP contribution in [-0.2, 0) is 9.84 Å². The molecule has 0 saturated carbocycles. The smallest absolute Gasteiger partial charge is 0.229 e. The van der Waals surface area contributed by atoms with Crippen LogP contribution in [0.25, 0.3) is 0 Å². The van der Waals surface area contributed by atoms with Crippen molar-refractivity contribution in [1.29, 1.82) is 0 Å². The number of aromatic nitrogens is 2. The number of nitrogens with zero attached hydrogens (tertiary/aromatic N) is 2. The van der Waals surface area contributed by atoms with E-state index in [-0.39, 0.29) is 36.6 Å². The lowest BCUT2D eigenvalue weighted by molar-refractivity contribution is 0.159. The Morgan fingerprint density at radius 3 is 1.80 bits per heavy atom. The highest BCUT2D eigenvalue weighted by atomic mass is 35.5. The maximum absolute atomic E-state index is 14.8. The quantitative estimate of drug-likeness (QED) is 0.148. The molecule has 1 fully saturated rings. The van der Waals surface area contributed by atoms with Crippen LogP contribution in [0.3, 0.4) is 0 Å². The van der Waals surface area contributed by atoms with E-state index in [0.29, 0.717) is 17.6 Å². The number of hydrogen-bond donors (Lipinski definition) is 3. The summed E-state index contributed by atoms with van der Waals surface area (Å²) in [7, 11) is 34.5. The molecule has 0 aliphatic carbocycles. The number of para-hydroxylation sites is 1. The largest absolute Gasteiger partial charge is 0.498 e. The van der Waals surface area contributed by atoms with Crippen LogP contribution in [-0.4, -0.2) is 180 Å². The van der Waals surface area contributed by atoms with Gasteiger partial charge in [-0.25, -0.2) is 13.4 Å². The van der Waals surface area contributed by atoms with E-state index in [2.05, 4.69) is 126 Å². The molecule has 0 radical (unpaired) electrons. The minimum atomic E-state index is -3.90. The van der Waals surface area contributed by atoms with Crippen molar-refractivity contribution in [2.45, 2.75) is 71.9 Å². The summed E-state index contributed by atoms with van der Waals surface area (Å²) in [4.78, 5) is 9.61. The highest BCUT2D eigenvalue weighted by molar-refractivity contribution is 7.95. The summed E-state index contributed by atoms with van der Waals surface area (Å²) < 4.78 is 35.7. The SMILES string of the molecule is BC1(B)CC(c2cc(OC(B)(C(B)(B)B)C(B)(B)B)c(Nc3ncc(Cl)c(Nc4ccccc4S(=O)(=O)C(B)(C(B)(B)B)C(B)(B)B)n3)cc2C)CC(B)(B)N1. The van der Waals surface area contributed by atoms with Crippen LogP contribution in [0.4, 0.5) is 23.1 Å². The van der Waals surface area contributed by atoms with E-state index in [4.69, 9.17) is 21.3 Å². The van der Waals surface area contributed by atoms with Gasteiger partial charge < -0.3 is 20.7 Å². The molecule has 2 aromatic carbocycles. The number of halogens is 1. The third kappa shape index (κ3) is 9.20. The average Bonchev–Trinajstić information content (AvgIpc) is 2.99. The molecule has 276 valence electrons. The zero-order chi connectivity index (χ0) is 42.9. The molecule has 28 heteroatoms. The minimum absolute atomic E-state index is 0.0290. The number of hydrogen-bond acceptors (Lipinski definition) is 8. The second kappa shape index (κ2) is 15.4. The fraction of sp³-hybridized carbons (Fsp3) is 0.429. The third-order valence-electron chi connectivity index (χ3n) is 13.0. The predicted octanol–water partition coefficient (Wildman–Crippen LogP) is -12.1. The molecule has 56 heavy (non-hydrogen) atoms. The summed E-state index contributed by atoms with van der Waals surface area (Å²) in [5.74, 6) is 1.62. The van der Waals surface area contributed by atoms with Crippen molar-refractivity contribution >= 4 is 186 Å². The minimum Gasteiger partial charge on any atom is -0.498 e. The summed E-state index contributed by atoms with van der Waals surface area (Å²) in [6.07, 6.45) is 3.52. The van der Waals surface area contributed by atoms with Gasteiger partial charge in [-0.2, -0.15) is 4.98 Å². The highest BCUT2D eigenvalue weighted by Gasteiger charge is 2.55. The van der Waals surface area contributed by atoms with Crippen molar-refractivity contribution in [3.63, 3.8) is 0 Å². The summed E-state index contributed by atoms with van der Waals surface area (Å²) in [6.45, 7) is 2.16. The first-order valence-corrected chi connectivity index (χ1v) is 22.0. The molecule has 1 aliphatic heterocycles. The molecular formula is C28H54B18ClN5O3S. The molecule has 1 saturated heterocycles. The second-order valence-electron chi connectivity index (χ2n) is 22.0. The zero-order valence-corrected chi connectivity index (χ0v) is 39.5. The van der Waals surface area contributed by atoms with E-state index in [1.54, 1.807) is 24.3 Å². The fourth-order valence-corrected chi connectivity index (χ4v) is 12.1. The van der Waals surface area contributed by atoms with E-state index in [0.717, 1.165) is 29.8 Å². The molecule has 0 amide bonds. The van der Waals surface area contributed by atoms with Crippen LogP contribution in [0, 0.1) is 6.92 Å². The molecule has 0 unspecified atom stereocenters. The Balaban J connectivity index is 1.85. The van der Waals surface area contributed by atoms with Crippen molar-refractivity contribution < 1.29 is 13.2 Å². The van der Waals surface area contributed by atoms with Gasteiger partial charge in [0, 0.05) is 10.1 Å². The Bertz CT molecular complexity index is 2030. The number of aryl methyl sites for hydroxylation is 1. The molecule has 8 nitrogen and oxygen atoms in total. The Kier molecular flexibility index (Phi) is 12.9.